The molecule has 0 fully saturated rings. The van der Waals surface area contributed by atoms with Gasteiger partial charge in [0, 0.05) is 18.3 Å². The third kappa shape index (κ3) is 7.16. The highest BCUT2D eigenvalue weighted by Crippen LogP contribution is 2.30. The summed E-state index contributed by atoms with van der Waals surface area (Å²) in [5.74, 6) is 2.95. The second-order valence-corrected chi connectivity index (χ2v) is 5.47. The van der Waals surface area contributed by atoms with Gasteiger partial charge in [-0.2, -0.15) is 0 Å². The molecular weight excluding hydrogens is 457 g/mol. The van der Waals surface area contributed by atoms with Crippen LogP contribution in [0, 0.1) is 0 Å². The van der Waals surface area contributed by atoms with Crippen LogP contribution in [0.15, 0.2) is 47.5 Å². The first-order valence-corrected chi connectivity index (χ1v) is 8.69. The molecule has 2 N–H and O–H groups in total. The quantitative estimate of drug-likeness (QED) is 0.332. The van der Waals surface area contributed by atoms with E-state index in [1.165, 1.54) is 0 Å². The molecule has 0 saturated heterocycles. The number of nitrogens with zero attached hydrogens (tertiary/aromatic N) is 1. The highest BCUT2D eigenvalue weighted by atomic mass is 127. The number of ether oxygens (including phenoxy) is 3. The number of nitrogens with one attached hydrogen (secondary N) is 2. The number of benzene rings is 2. The number of aliphatic imine (C=N–C) groups is 1. The van der Waals surface area contributed by atoms with Crippen LogP contribution in [0.2, 0.25) is 0 Å². The van der Waals surface area contributed by atoms with E-state index in [0.29, 0.717) is 30.6 Å². The molecule has 0 amide bonds. The summed E-state index contributed by atoms with van der Waals surface area (Å²) in [4.78, 5) is 4.63. The van der Waals surface area contributed by atoms with E-state index in [0.717, 1.165) is 23.5 Å². The lowest BCUT2D eigenvalue weighted by Crippen LogP contribution is -2.30. The molecule has 7 heteroatoms. The first-order valence-electron chi connectivity index (χ1n) is 8.69. The Balaban J connectivity index is 0.00000364. The molecule has 0 aliphatic heterocycles. The minimum Gasteiger partial charge on any atom is -0.497 e. The van der Waals surface area contributed by atoms with Gasteiger partial charge in [0.05, 0.1) is 27.4 Å². The number of halogens is 1. The molecule has 0 unspecified atom stereocenters. The van der Waals surface area contributed by atoms with Crippen molar-refractivity contribution in [1.29, 1.82) is 0 Å². The largest absolute Gasteiger partial charge is 0.497 e. The van der Waals surface area contributed by atoms with Gasteiger partial charge in [0.15, 0.2) is 17.5 Å². The molecule has 0 saturated carbocycles. The number of rotatable bonds is 8. The number of methoxy groups -OCH3 is 2. The molecule has 2 rings (SSSR count). The van der Waals surface area contributed by atoms with Gasteiger partial charge in [0.2, 0.25) is 0 Å². The third-order valence-corrected chi connectivity index (χ3v) is 3.65. The van der Waals surface area contributed by atoms with Crippen molar-refractivity contribution < 1.29 is 14.2 Å². The first kappa shape index (κ1) is 22.9. The predicted molar refractivity (Wildman–Crippen MR) is 121 cm³/mol. The molecular formula is C20H28IN3O3. The predicted octanol–water partition coefficient (Wildman–Crippen LogP) is 4.30. The van der Waals surface area contributed by atoms with Gasteiger partial charge < -0.3 is 24.8 Å². The summed E-state index contributed by atoms with van der Waals surface area (Å²) >= 11 is 0. The summed E-state index contributed by atoms with van der Waals surface area (Å²) < 4.78 is 16.1. The zero-order valence-corrected chi connectivity index (χ0v) is 18.6. The molecule has 2 aromatic rings. The molecule has 0 radical (unpaired) electrons. The van der Waals surface area contributed by atoms with E-state index < -0.39 is 0 Å². The second-order valence-electron chi connectivity index (χ2n) is 5.47. The lowest BCUT2D eigenvalue weighted by atomic mass is 10.2. The molecule has 148 valence electrons. The van der Waals surface area contributed by atoms with Gasteiger partial charge in [-0.3, -0.25) is 0 Å². The van der Waals surface area contributed by atoms with Crippen molar-refractivity contribution >= 4 is 35.6 Å². The van der Waals surface area contributed by atoms with Crippen LogP contribution >= 0.6 is 24.0 Å². The van der Waals surface area contributed by atoms with Crippen LogP contribution in [-0.2, 0) is 6.54 Å². The lowest BCUT2D eigenvalue weighted by molar-refractivity contribution is 0.311. The van der Waals surface area contributed by atoms with Crippen molar-refractivity contribution in [3.05, 3.63) is 48.0 Å². The average Bonchev–Trinajstić information content (AvgIpc) is 2.67. The van der Waals surface area contributed by atoms with Crippen molar-refractivity contribution in [2.75, 3.05) is 32.7 Å². The Kier molecular flexibility index (Phi) is 10.4. The Bertz CT molecular complexity index is 721. The standard InChI is InChI=1S/C20H27N3O3.HI/c1-5-21-20(22-14-15-7-10-17(24-3)11-8-15)23-16-9-12-18(25-4)19(13-16)26-6-2;/h7-13H,5-6,14H2,1-4H3,(H2,21,22,23);1H. The Morgan fingerprint density at radius 3 is 2.30 bits per heavy atom. The number of anilines is 1. The van der Waals surface area contributed by atoms with E-state index in [9.17, 15) is 0 Å². The molecule has 0 aliphatic carbocycles. The fourth-order valence-electron chi connectivity index (χ4n) is 2.37. The maximum Gasteiger partial charge on any atom is 0.196 e. The Morgan fingerprint density at radius 1 is 0.963 bits per heavy atom. The number of guanidine groups is 1. The van der Waals surface area contributed by atoms with Crippen LogP contribution < -0.4 is 24.8 Å². The van der Waals surface area contributed by atoms with E-state index in [1.807, 2.05) is 56.3 Å². The molecule has 0 aliphatic rings. The van der Waals surface area contributed by atoms with Crippen LogP contribution in [0.1, 0.15) is 19.4 Å². The Hall–Kier alpha value is -2.16. The molecule has 2 aromatic carbocycles. The van der Waals surface area contributed by atoms with E-state index >= 15 is 0 Å². The highest BCUT2D eigenvalue weighted by Gasteiger charge is 2.07. The van der Waals surface area contributed by atoms with Crippen LogP contribution in [0.4, 0.5) is 5.69 Å². The molecule has 0 heterocycles. The maximum atomic E-state index is 5.62. The monoisotopic (exact) mass is 485 g/mol. The minimum atomic E-state index is 0. The van der Waals surface area contributed by atoms with Crippen molar-refractivity contribution in [2.24, 2.45) is 4.99 Å². The Morgan fingerprint density at radius 2 is 1.70 bits per heavy atom. The molecule has 27 heavy (non-hydrogen) atoms. The van der Waals surface area contributed by atoms with Gasteiger partial charge >= 0.3 is 0 Å². The van der Waals surface area contributed by atoms with E-state index in [4.69, 9.17) is 14.2 Å². The van der Waals surface area contributed by atoms with E-state index in [1.54, 1.807) is 14.2 Å². The van der Waals surface area contributed by atoms with Crippen molar-refractivity contribution in [3.63, 3.8) is 0 Å². The second kappa shape index (κ2) is 12.3. The smallest absolute Gasteiger partial charge is 0.196 e. The van der Waals surface area contributed by atoms with Crippen LogP contribution in [0.5, 0.6) is 17.2 Å². The van der Waals surface area contributed by atoms with Gasteiger partial charge in [-0.05, 0) is 43.7 Å². The number of hydrogen-bond acceptors (Lipinski definition) is 4. The third-order valence-electron chi connectivity index (χ3n) is 3.65. The van der Waals surface area contributed by atoms with E-state index in [-0.39, 0.29) is 24.0 Å². The van der Waals surface area contributed by atoms with Crippen molar-refractivity contribution in [1.82, 2.24) is 5.32 Å². The normalized spacial score (nSPS) is 10.6. The molecule has 0 aromatic heterocycles. The summed E-state index contributed by atoms with van der Waals surface area (Å²) in [5, 5.41) is 6.55. The first-order chi connectivity index (χ1) is 12.7. The van der Waals surface area contributed by atoms with Gasteiger partial charge in [-0.15, -0.1) is 24.0 Å². The van der Waals surface area contributed by atoms with Gasteiger partial charge in [0.25, 0.3) is 0 Å². The topological polar surface area (TPSA) is 64.1 Å². The summed E-state index contributed by atoms with van der Waals surface area (Å²) in [6.45, 7) is 5.88. The molecule has 0 bridgehead atoms. The zero-order valence-electron chi connectivity index (χ0n) is 16.2. The van der Waals surface area contributed by atoms with Gasteiger partial charge in [0.1, 0.15) is 5.75 Å². The summed E-state index contributed by atoms with van der Waals surface area (Å²) in [7, 11) is 3.29. The lowest BCUT2D eigenvalue weighted by Gasteiger charge is -2.14. The van der Waals surface area contributed by atoms with Crippen LogP contribution in [-0.4, -0.2) is 33.3 Å². The molecule has 6 nitrogen and oxygen atoms in total. The average molecular weight is 485 g/mol. The fourth-order valence-corrected chi connectivity index (χ4v) is 2.37. The van der Waals surface area contributed by atoms with E-state index in [2.05, 4.69) is 15.6 Å². The zero-order chi connectivity index (χ0) is 18.8. The van der Waals surface area contributed by atoms with Gasteiger partial charge in [-0.1, -0.05) is 12.1 Å². The Labute approximate surface area is 178 Å². The highest BCUT2D eigenvalue weighted by molar-refractivity contribution is 14.0. The molecule has 0 spiro atoms. The molecule has 0 atom stereocenters. The van der Waals surface area contributed by atoms with Gasteiger partial charge in [-0.25, -0.2) is 4.99 Å². The van der Waals surface area contributed by atoms with Crippen LogP contribution in [0.25, 0.3) is 0 Å². The summed E-state index contributed by atoms with van der Waals surface area (Å²) in [6.07, 6.45) is 0. The van der Waals surface area contributed by atoms with Crippen LogP contribution in [0.3, 0.4) is 0 Å². The fraction of sp³-hybridized carbons (Fsp3) is 0.350. The van der Waals surface area contributed by atoms with Crippen molar-refractivity contribution in [2.45, 2.75) is 20.4 Å². The number of hydrogen-bond donors (Lipinski definition) is 2. The van der Waals surface area contributed by atoms with Crippen molar-refractivity contribution in [3.8, 4) is 17.2 Å². The minimum absolute atomic E-state index is 0. The SMILES string of the molecule is CCNC(=NCc1ccc(OC)cc1)Nc1ccc(OC)c(OCC)c1.I. The summed E-state index contributed by atoms with van der Waals surface area (Å²) in [6, 6.07) is 13.6. The summed E-state index contributed by atoms with van der Waals surface area (Å²) in [5.41, 5.74) is 1.98. The maximum absolute atomic E-state index is 5.62.